The molecule has 6 nitrogen and oxygen atoms in total. The summed E-state index contributed by atoms with van der Waals surface area (Å²) in [4.78, 5) is -0.822. The second kappa shape index (κ2) is 6.93. The minimum Gasteiger partial charge on any atom is -0.285 e. The normalized spacial score (nSPS) is 14.0. The van der Waals surface area contributed by atoms with Crippen molar-refractivity contribution in [2.45, 2.75) is 31.0 Å². The number of aromatic nitrogens is 3. The lowest BCUT2D eigenvalue weighted by Crippen LogP contribution is -2.34. The first-order valence-corrected chi connectivity index (χ1v) is 9.58. The Balaban J connectivity index is 2.06. The molecule has 2 aromatic heterocycles. The summed E-state index contributed by atoms with van der Waals surface area (Å²) in [5.74, 6) is 0.0131. The predicted molar refractivity (Wildman–Crippen MR) is 92.3 cm³/mol. The van der Waals surface area contributed by atoms with Crippen LogP contribution in [-0.4, -0.2) is 23.0 Å². The van der Waals surface area contributed by atoms with E-state index in [-0.39, 0.29) is 5.92 Å². The highest BCUT2D eigenvalue weighted by Crippen LogP contribution is 2.34. The van der Waals surface area contributed by atoms with Gasteiger partial charge in [0.15, 0.2) is 11.5 Å². The lowest BCUT2D eigenvalue weighted by Gasteiger charge is -2.22. The summed E-state index contributed by atoms with van der Waals surface area (Å²) in [5, 5.41) is 8.01. The topological polar surface area (TPSA) is 76.4 Å². The molecule has 2 heterocycles. The first kappa shape index (κ1) is 19.3. The van der Waals surface area contributed by atoms with Crippen LogP contribution < -0.4 is 4.72 Å². The van der Waals surface area contributed by atoms with Gasteiger partial charge in [-0.1, -0.05) is 32.0 Å². The van der Waals surface area contributed by atoms with Crippen LogP contribution >= 0.6 is 0 Å². The smallest absolute Gasteiger partial charge is 0.285 e. The molecule has 1 aromatic carbocycles. The van der Waals surface area contributed by atoms with Crippen LogP contribution in [0.2, 0.25) is 0 Å². The van der Waals surface area contributed by atoms with Crippen LogP contribution in [0.4, 0.5) is 13.2 Å². The molecule has 0 saturated carbocycles. The maximum atomic E-state index is 13.2. The van der Waals surface area contributed by atoms with Crippen molar-refractivity contribution >= 4 is 15.7 Å². The average molecular weight is 398 g/mol. The molecule has 0 saturated heterocycles. The van der Waals surface area contributed by atoms with Crippen LogP contribution in [-0.2, 0) is 16.2 Å². The third kappa shape index (κ3) is 3.81. The van der Waals surface area contributed by atoms with Crippen LogP contribution in [0.15, 0.2) is 53.6 Å². The molecule has 1 atom stereocenters. The van der Waals surface area contributed by atoms with Crippen molar-refractivity contribution in [1.29, 1.82) is 0 Å². The van der Waals surface area contributed by atoms with Gasteiger partial charge in [0.1, 0.15) is 0 Å². The quantitative estimate of drug-likeness (QED) is 0.715. The molecular weight excluding hydrogens is 381 g/mol. The van der Waals surface area contributed by atoms with Gasteiger partial charge < -0.3 is 0 Å². The Bertz CT molecular complexity index is 1060. The zero-order valence-electron chi connectivity index (χ0n) is 14.5. The molecule has 0 fully saturated rings. The van der Waals surface area contributed by atoms with E-state index >= 15 is 0 Å². The summed E-state index contributed by atoms with van der Waals surface area (Å²) in [6.07, 6.45) is -3.13. The fourth-order valence-electron chi connectivity index (χ4n) is 2.72. The van der Waals surface area contributed by atoms with Crippen LogP contribution in [0, 0.1) is 5.92 Å². The van der Waals surface area contributed by atoms with E-state index in [9.17, 15) is 21.6 Å². The van der Waals surface area contributed by atoms with Crippen LogP contribution in [0.3, 0.4) is 0 Å². The molecule has 3 aromatic rings. The molecule has 0 aliphatic rings. The van der Waals surface area contributed by atoms with Gasteiger partial charge in [-0.05, 0) is 30.2 Å². The maximum Gasteiger partial charge on any atom is 0.417 e. The van der Waals surface area contributed by atoms with Crippen molar-refractivity contribution in [2.24, 2.45) is 5.92 Å². The van der Waals surface area contributed by atoms with Gasteiger partial charge in [-0.15, -0.1) is 10.2 Å². The average Bonchev–Trinajstić information content (AvgIpc) is 3.02. The standard InChI is InChI=1S/C17H17F3N4O2S/c1-11(2)15(16-22-21-14-9-5-6-10-24(14)16)23-27(25,26)13-8-4-3-7-12(13)17(18,19)20/h3-11,15,23H,1-2H3/t15-/m0/s1. The van der Waals surface area contributed by atoms with Gasteiger partial charge in [-0.3, -0.25) is 4.40 Å². The first-order valence-electron chi connectivity index (χ1n) is 8.09. The number of benzene rings is 1. The number of nitrogens with one attached hydrogen (secondary N) is 1. The zero-order chi connectivity index (χ0) is 19.8. The van der Waals surface area contributed by atoms with E-state index in [4.69, 9.17) is 0 Å². The van der Waals surface area contributed by atoms with Gasteiger partial charge in [-0.2, -0.15) is 13.2 Å². The zero-order valence-corrected chi connectivity index (χ0v) is 15.3. The fourth-order valence-corrected chi connectivity index (χ4v) is 4.29. The molecule has 0 aliphatic carbocycles. The number of rotatable bonds is 5. The number of hydrogen-bond acceptors (Lipinski definition) is 4. The Morgan fingerprint density at radius 1 is 1.04 bits per heavy atom. The number of sulfonamides is 1. The predicted octanol–water partition coefficient (Wildman–Crippen LogP) is 3.42. The number of pyridine rings is 1. The molecule has 10 heteroatoms. The number of nitrogens with zero attached hydrogens (tertiary/aromatic N) is 3. The van der Waals surface area contributed by atoms with Gasteiger partial charge in [0.2, 0.25) is 10.0 Å². The molecule has 1 N–H and O–H groups in total. The van der Waals surface area contributed by atoms with E-state index < -0.39 is 32.7 Å². The summed E-state index contributed by atoms with van der Waals surface area (Å²) < 4.78 is 69.2. The minimum atomic E-state index is -4.79. The molecule has 0 aliphatic heterocycles. The highest BCUT2D eigenvalue weighted by Gasteiger charge is 2.38. The molecule has 0 radical (unpaired) electrons. The fraction of sp³-hybridized carbons (Fsp3) is 0.294. The summed E-state index contributed by atoms with van der Waals surface area (Å²) in [5.41, 5.74) is -0.709. The first-order chi connectivity index (χ1) is 12.6. The van der Waals surface area contributed by atoms with Gasteiger partial charge in [0, 0.05) is 6.20 Å². The Hall–Kier alpha value is -2.46. The van der Waals surface area contributed by atoms with E-state index in [0.29, 0.717) is 11.5 Å². The molecule has 0 unspecified atom stereocenters. The monoisotopic (exact) mass is 398 g/mol. The molecule has 144 valence electrons. The van der Waals surface area contributed by atoms with Crippen molar-refractivity contribution in [1.82, 2.24) is 19.3 Å². The summed E-state index contributed by atoms with van der Waals surface area (Å²) >= 11 is 0. The van der Waals surface area contributed by atoms with E-state index in [2.05, 4.69) is 14.9 Å². The van der Waals surface area contributed by atoms with Crippen molar-refractivity contribution in [3.05, 3.63) is 60.0 Å². The van der Waals surface area contributed by atoms with Gasteiger partial charge in [0.05, 0.1) is 16.5 Å². The molecule has 0 amide bonds. The summed E-state index contributed by atoms with van der Waals surface area (Å²) in [6, 6.07) is 8.38. The SMILES string of the molecule is CC(C)[C@H](NS(=O)(=O)c1ccccc1C(F)(F)F)c1nnc2ccccn12. The van der Waals surface area contributed by atoms with E-state index in [1.54, 1.807) is 42.6 Å². The Labute approximate surface area is 154 Å². The highest BCUT2D eigenvalue weighted by atomic mass is 32.2. The summed E-state index contributed by atoms with van der Waals surface area (Å²) in [6.45, 7) is 3.49. The minimum absolute atomic E-state index is 0.287. The van der Waals surface area contributed by atoms with Crippen molar-refractivity contribution in [3.8, 4) is 0 Å². The largest absolute Gasteiger partial charge is 0.417 e. The Morgan fingerprint density at radius 2 is 1.70 bits per heavy atom. The van der Waals surface area contributed by atoms with Gasteiger partial charge >= 0.3 is 6.18 Å². The number of fused-ring (bicyclic) bond motifs is 1. The van der Waals surface area contributed by atoms with Crippen molar-refractivity contribution in [3.63, 3.8) is 0 Å². The molecule has 27 heavy (non-hydrogen) atoms. The number of halogens is 3. The lowest BCUT2D eigenvalue weighted by atomic mass is 10.1. The summed E-state index contributed by atoms with van der Waals surface area (Å²) in [7, 11) is -4.46. The molecule has 3 rings (SSSR count). The third-order valence-corrected chi connectivity index (χ3v) is 5.55. The number of hydrogen-bond donors (Lipinski definition) is 1. The van der Waals surface area contributed by atoms with Crippen molar-refractivity contribution < 1.29 is 21.6 Å². The molecule has 0 spiro atoms. The van der Waals surface area contributed by atoms with Gasteiger partial charge in [0.25, 0.3) is 0 Å². The van der Waals surface area contributed by atoms with E-state index in [1.807, 2.05) is 0 Å². The second-order valence-electron chi connectivity index (χ2n) is 6.32. The molecule has 0 bridgehead atoms. The highest BCUT2D eigenvalue weighted by molar-refractivity contribution is 7.89. The lowest BCUT2D eigenvalue weighted by molar-refractivity contribution is -0.139. The maximum absolute atomic E-state index is 13.2. The van der Waals surface area contributed by atoms with Crippen molar-refractivity contribution in [2.75, 3.05) is 0 Å². The number of alkyl halides is 3. The van der Waals surface area contributed by atoms with E-state index in [1.165, 1.54) is 6.07 Å². The molecular formula is C17H17F3N4O2S. The van der Waals surface area contributed by atoms with Crippen LogP contribution in [0.1, 0.15) is 31.3 Å². The second-order valence-corrected chi connectivity index (χ2v) is 8.01. The third-order valence-electron chi connectivity index (χ3n) is 4.05. The van der Waals surface area contributed by atoms with Crippen LogP contribution in [0.5, 0.6) is 0 Å². The van der Waals surface area contributed by atoms with Crippen LogP contribution in [0.25, 0.3) is 5.65 Å². The van der Waals surface area contributed by atoms with Gasteiger partial charge in [-0.25, -0.2) is 13.1 Å². The Kier molecular flexibility index (Phi) is 4.96. The Morgan fingerprint density at radius 3 is 2.37 bits per heavy atom. The van der Waals surface area contributed by atoms with E-state index in [0.717, 1.165) is 18.2 Å².